The van der Waals surface area contributed by atoms with E-state index in [4.69, 9.17) is 18.9 Å². The third kappa shape index (κ3) is 4.70. The molecule has 17 heavy (non-hydrogen) atoms. The van der Waals surface area contributed by atoms with Gasteiger partial charge in [-0.15, -0.1) is 0 Å². The molecule has 1 saturated heterocycles. The van der Waals surface area contributed by atoms with E-state index >= 15 is 0 Å². The Morgan fingerprint density at radius 1 is 1.00 bits per heavy atom. The Labute approximate surface area is 100 Å². The summed E-state index contributed by atoms with van der Waals surface area (Å²) < 4.78 is 20.9. The van der Waals surface area contributed by atoms with E-state index in [-0.39, 0.29) is 25.2 Å². The van der Waals surface area contributed by atoms with E-state index in [9.17, 15) is 9.59 Å². The smallest absolute Gasteiger partial charge is 0.302 e. The second-order valence-electron chi connectivity index (χ2n) is 4.32. The minimum Gasteiger partial charge on any atom is -0.463 e. The van der Waals surface area contributed by atoms with Crippen LogP contribution in [0.5, 0.6) is 0 Å². The molecule has 0 radical (unpaired) electrons. The van der Waals surface area contributed by atoms with Crippen molar-refractivity contribution in [3.8, 4) is 0 Å². The van der Waals surface area contributed by atoms with Crippen molar-refractivity contribution in [2.45, 2.75) is 45.7 Å². The fourth-order valence-corrected chi connectivity index (χ4v) is 1.59. The molecule has 1 heterocycles. The largest absolute Gasteiger partial charge is 0.463 e. The second-order valence-corrected chi connectivity index (χ2v) is 4.32. The molecule has 1 aliphatic rings. The molecule has 1 aliphatic heterocycles. The Morgan fingerprint density at radius 2 is 1.35 bits per heavy atom. The molecular formula is C11H18O6. The molecular weight excluding hydrogens is 228 g/mol. The van der Waals surface area contributed by atoms with Crippen LogP contribution in [0.1, 0.15) is 27.7 Å². The molecule has 6 nitrogen and oxygen atoms in total. The van der Waals surface area contributed by atoms with Crippen molar-refractivity contribution < 1.29 is 28.5 Å². The van der Waals surface area contributed by atoms with Crippen molar-refractivity contribution >= 4 is 11.9 Å². The average molecular weight is 246 g/mol. The Bertz CT molecular complexity index is 270. The molecule has 0 aromatic rings. The van der Waals surface area contributed by atoms with Gasteiger partial charge in [-0.2, -0.15) is 0 Å². The van der Waals surface area contributed by atoms with E-state index in [1.165, 1.54) is 13.8 Å². The van der Waals surface area contributed by atoms with Gasteiger partial charge in [0.15, 0.2) is 5.79 Å². The topological polar surface area (TPSA) is 71.1 Å². The van der Waals surface area contributed by atoms with Crippen molar-refractivity contribution in [1.29, 1.82) is 0 Å². The molecule has 1 rings (SSSR count). The van der Waals surface area contributed by atoms with Gasteiger partial charge in [-0.25, -0.2) is 0 Å². The third-order valence-electron chi connectivity index (χ3n) is 2.19. The SMILES string of the molecule is CC(=O)OC[C@@H]1OC(C)(C)O[C@@H]1COC(C)=O. The van der Waals surface area contributed by atoms with E-state index in [1.54, 1.807) is 13.8 Å². The molecule has 98 valence electrons. The van der Waals surface area contributed by atoms with Gasteiger partial charge in [-0.3, -0.25) is 9.59 Å². The first kappa shape index (κ1) is 13.9. The molecule has 0 spiro atoms. The summed E-state index contributed by atoms with van der Waals surface area (Å²) in [6.45, 7) is 6.32. The predicted molar refractivity (Wildman–Crippen MR) is 57.1 cm³/mol. The lowest BCUT2D eigenvalue weighted by molar-refractivity contribution is -0.162. The van der Waals surface area contributed by atoms with Crippen LogP contribution in [0.2, 0.25) is 0 Å². The van der Waals surface area contributed by atoms with E-state index in [0.717, 1.165) is 0 Å². The third-order valence-corrected chi connectivity index (χ3v) is 2.19. The van der Waals surface area contributed by atoms with Crippen molar-refractivity contribution in [3.63, 3.8) is 0 Å². The molecule has 0 saturated carbocycles. The quantitative estimate of drug-likeness (QED) is 0.678. The first-order valence-corrected chi connectivity index (χ1v) is 5.42. The number of carbonyl (C=O) groups excluding carboxylic acids is 2. The zero-order valence-corrected chi connectivity index (χ0v) is 10.5. The summed E-state index contributed by atoms with van der Waals surface area (Å²) >= 11 is 0. The monoisotopic (exact) mass is 246 g/mol. The molecule has 0 N–H and O–H groups in total. The van der Waals surface area contributed by atoms with Gasteiger partial charge in [0.2, 0.25) is 0 Å². The Hall–Kier alpha value is -1.14. The minimum absolute atomic E-state index is 0.0880. The van der Waals surface area contributed by atoms with Crippen LogP contribution >= 0.6 is 0 Å². The Morgan fingerprint density at radius 3 is 1.65 bits per heavy atom. The van der Waals surface area contributed by atoms with Crippen LogP contribution < -0.4 is 0 Å². The van der Waals surface area contributed by atoms with Crippen LogP contribution in [-0.4, -0.2) is 43.1 Å². The highest BCUT2D eigenvalue weighted by molar-refractivity contribution is 5.66. The molecule has 1 fully saturated rings. The summed E-state index contributed by atoms with van der Waals surface area (Å²) in [6.07, 6.45) is -0.846. The van der Waals surface area contributed by atoms with Crippen molar-refractivity contribution in [2.24, 2.45) is 0 Å². The summed E-state index contributed by atoms with van der Waals surface area (Å²) in [6, 6.07) is 0. The Balaban J connectivity index is 2.51. The van der Waals surface area contributed by atoms with Crippen LogP contribution in [0, 0.1) is 0 Å². The summed E-state index contributed by atoms with van der Waals surface area (Å²) in [7, 11) is 0. The average Bonchev–Trinajstić information content (AvgIpc) is 2.47. The standard InChI is InChI=1S/C11H18O6/c1-7(12)14-5-9-10(6-15-8(2)13)17-11(3,4)16-9/h9-10H,5-6H2,1-4H3/t9-,10+. The van der Waals surface area contributed by atoms with E-state index in [1.807, 2.05) is 0 Å². The number of esters is 2. The summed E-state index contributed by atoms with van der Waals surface area (Å²) in [4.78, 5) is 21.5. The molecule has 0 unspecified atom stereocenters. The first-order chi connectivity index (χ1) is 7.80. The fourth-order valence-electron chi connectivity index (χ4n) is 1.59. The van der Waals surface area contributed by atoms with Crippen LogP contribution in [0.15, 0.2) is 0 Å². The van der Waals surface area contributed by atoms with Gasteiger partial charge in [0, 0.05) is 13.8 Å². The first-order valence-electron chi connectivity index (χ1n) is 5.42. The molecule has 0 amide bonds. The van der Waals surface area contributed by atoms with Gasteiger partial charge in [-0.05, 0) is 13.8 Å². The summed E-state index contributed by atoms with van der Waals surface area (Å²) in [5, 5.41) is 0. The lowest BCUT2D eigenvalue weighted by atomic mass is 10.2. The molecule has 0 aromatic heterocycles. The zero-order valence-electron chi connectivity index (χ0n) is 10.5. The summed E-state index contributed by atoms with van der Waals surface area (Å²) in [5.41, 5.74) is 0. The Kier molecular flexibility index (Phi) is 4.47. The lowest BCUT2D eigenvalue weighted by Gasteiger charge is -2.16. The highest BCUT2D eigenvalue weighted by atomic mass is 16.8. The number of rotatable bonds is 4. The molecule has 0 aliphatic carbocycles. The highest BCUT2D eigenvalue weighted by Crippen LogP contribution is 2.28. The van der Waals surface area contributed by atoms with E-state index in [0.29, 0.717) is 0 Å². The minimum atomic E-state index is -0.768. The molecule has 6 heteroatoms. The number of hydrogen-bond donors (Lipinski definition) is 0. The normalized spacial score (nSPS) is 26.6. The highest BCUT2D eigenvalue weighted by Gasteiger charge is 2.42. The van der Waals surface area contributed by atoms with Crippen LogP contribution in [0.4, 0.5) is 0 Å². The van der Waals surface area contributed by atoms with Crippen molar-refractivity contribution in [2.75, 3.05) is 13.2 Å². The van der Waals surface area contributed by atoms with Gasteiger partial charge >= 0.3 is 11.9 Å². The number of carbonyl (C=O) groups is 2. The van der Waals surface area contributed by atoms with E-state index < -0.39 is 18.0 Å². The van der Waals surface area contributed by atoms with Crippen molar-refractivity contribution in [1.82, 2.24) is 0 Å². The van der Waals surface area contributed by atoms with Crippen LogP contribution in [-0.2, 0) is 28.5 Å². The van der Waals surface area contributed by atoms with E-state index in [2.05, 4.69) is 0 Å². The lowest BCUT2D eigenvalue weighted by Crippen LogP contribution is -2.32. The van der Waals surface area contributed by atoms with Gasteiger partial charge in [0.25, 0.3) is 0 Å². The van der Waals surface area contributed by atoms with Crippen molar-refractivity contribution in [3.05, 3.63) is 0 Å². The molecule has 2 atom stereocenters. The zero-order chi connectivity index (χ0) is 13.1. The maximum atomic E-state index is 10.7. The maximum absolute atomic E-state index is 10.7. The second kappa shape index (κ2) is 5.46. The van der Waals surface area contributed by atoms with Gasteiger partial charge in [0.05, 0.1) is 0 Å². The predicted octanol–water partition coefficient (Wildman–Crippen LogP) is 0.633. The number of ether oxygens (including phenoxy) is 4. The van der Waals surface area contributed by atoms with Gasteiger partial charge in [0.1, 0.15) is 25.4 Å². The molecule has 0 aromatic carbocycles. The summed E-state index contributed by atoms with van der Waals surface area (Å²) in [5.74, 6) is -1.54. The van der Waals surface area contributed by atoms with Gasteiger partial charge in [-0.1, -0.05) is 0 Å². The van der Waals surface area contributed by atoms with Crippen LogP contribution in [0.3, 0.4) is 0 Å². The maximum Gasteiger partial charge on any atom is 0.302 e. The van der Waals surface area contributed by atoms with Crippen LogP contribution in [0.25, 0.3) is 0 Å². The molecule has 0 bridgehead atoms. The number of hydrogen-bond acceptors (Lipinski definition) is 6. The van der Waals surface area contributed by atoms with Gasteiger partial charge < -0.3 is 18.9 Å². The fraction of sp³-hybridized carbons (Fsp3) is 0.818.